The number of hydrogen-bond acceptors (Lipinski definition) is 4. The molecule has 1 atom stereocenters. The molecule has 2 rings (SSSR count). The zero-order valence-corrected chi connectivity index (χ0v) is 10.9. The number of H-pyrrole nitrogens is 1. The summed E-state index contributed by atoms with van der Waals surface area (Å²) in [6.07, 6.45) is 5.11. The van der Waals surface area contributed by atoms with Crippen molar-refractivity contribution in [2.75, 3.05) is 13.6 Å². The van der Waals surface area contributed by atoms with Crippen LogP contribution in [0.25, 0.3) is 0 Å². The van der Waals surface area contributed by atoms with Crippen molar-refractivity contribution in [3.8, 4) is 0 Å². The van der Waals surface area contributed by atoms with Gasteiger partial charge in [-0.25, -0.2) is 13.1 Å². The summed E-state index contributed by atoms with van der Waals surface area (Å²) >= 11 is 0. The molecular weight excluding hydrogens is 240 g/mol. The molecule has 1 heterocycles. The first kappa shape index (κ1) is 12.5. The summed E-state index contributed by atoms with van der Waals surface area (Å²) < 4.78 is 26.2. The normalized spacial score (nSPS) is 18.5. The maximum Gasteiger partial charge on any atom is 0.243 e. The summed E-state index contributed by atoms with van der Waals surface area (Å²) in [7, 11) is -1.39. The van der Waals surface area contributed by atoms with Crippen molar-refractivity contribution in [3.63, 3.8) is 0 Å². The zero-order chi connectivity index (χ0) is 12.5. The maximum atomic E-state index is 11.8. The van der Waals surface area contributed by atoms with Crippen molar-refractivity contribution in [3.05, 3.63) is 12.4 Å². The average molecular weight is 258 g/mol. The van der Waals surface area contributed by atoms with Gasteiger partial charge in [0.05, 0.1) is 6.20 Å². The highest BCUT2D eigenvalue weighted by Crippen LogP contribution is 2.26. The second-order valence-electron chi connectivity index (χ2n) is 4.53. The van der Waals surface area contributed by atoms with Gasteiger partial charge in [-0.1, -0.05) is 0 Å². The minimum absolute atomic E-state index is 0.179. The quantitative estimate of drug-likeness (QED) is 0.762. The lowest BCUT2D eigenvalue weighted by Gasteiger charge is -2.24. The van der Waals surface area contributed by atoms with Crippen molar-refractivity contribution < 1.29 is 8.42 Å². The van der Waals surface area contributed by atoms with Gasteiger partial charge in [0, 0.05) is 24.8 Å². The molecule has 6 nitrogen and oxygen atoms in total. The van der Waals surface area contributed by atoms with Gasteiger partial charge in [-0.15, -0.1) is 0 Å². The third-order valence-electron chi connectivity index (χ3n) is 3.17. The Morgan fingerprint density at radius 1 is 1.65 bits per heavy atom. The van der Waals surface area contributed by atoms with Crippen molar-refractivity contribution >= 4 is 10.0 Å². The van der Waals surface area contributed by atoms with Crippen LogP contribution in [0.15, 0.2) is 17.3 Å². The van der Waals surface area contributed by atoms with E-state index in [1.165, 1.54) is 25.2 Å². The third kappa shape index (κ3) is 3.05. The maximum absolute atomic E-state index is 11.8. The number of rotatable bonds is 6. The molecule has 0 spiro atoms. The Morgan fingerprint density at radius 2 is 2.35 bits per heavy atom. The Bertz CT molecular complexity index is 453. The molecule has 0 aliphatic heterocycles. The molecule has 1 aromatic rings. The molecule has 1 aromatic heterocycles. The summed E-state index contributed by atoms with van der Waals surface area (Å²) in [6, 6.07) is 0.826. The largest absolute Gasteiger partial charge is 0.299 e. The van der Waals surface area contributed by atoms with E-state index in [1.807, 2.05) is 14.0 Å². The van der Waals surface area contributed by atoms with E-state index in [0.717, 1.165) is 0 Å². The molecule has 1 aliphatic carbocycles. The number of likely N-dealkylation sites (N-methyl/N-ethyl adjacent to an activating group) is 1. The fourth-order valence-corrected chi connectivity index (χ4v) is 2.71. The second-order valence-corrected chi connectivity index (χ2v) is 6.30. The molecule has 1 aliphatic rings. The number of nitrogens with one attached hydrogen (secondary N) is 2. The summed E-state index contributed by atoms with van der Waals surface area (Å²) in [4.78, 5) is 2.40. The Kier molecular flexibility index (Phi) is 3.50. The van der Waals surface area contributed by atoms with Gasteiger partial charge in [0.1, 0.15) is 4.90 Å². The van der Waals surface area contributed by atoms with Crippen LogP contribution in [0, 0.1) is 0 Å². The van der Waals surface area contributed by atoms with E-state index in [-0.39, 0.29) is 10.9 Å². The van der Waals surface area contributed by atoms with Crippen LogP contribution in [0.4, 0.5) is 0 Å². The highest BCUT2D eigenvalue weighted by Gasteiger charge is 2.29. The molecule has 0 amide bonds. The van der Waals surface area contributed by atoms with Crippen LogP contribution < -0.4 is 4.72 Å². The highest BCUT2D eigenvalue weighted by molar-refractivity contribution is 7.89. The fourth-order valence-electron chi connectivity index (χ4n) is 1.69. The van der Waals surface area contributed by atoms with Gasteiger partial charge in [0.2, 0.25) is 10.0 Å². The Hall–Kier alpha value is -0.920. The first-order valence-electron chi connectivity index (χ1n) is 5.71. The lowest BCUT2D eigenvalue weighted by molar-refractivity contribution is 0.248. The molecule has 2 N–H and O–H groups in total. The Balaban J connectivity index is 1.89. The molecule has 0 bridgehead atoms. The van der Waals surface area contributed by atoms with Crippen LogP contribution in [-0.4, -0.2) is 49.2 Å². The van der Waals surface area contributed by atoms with Gasteiger partial charge in [-0.3, -0.25) is 10.00 Å². The van der Waals surface area contributed by atoms with Gasteiger partial charge < -0.3 is 0 Å². The van der Waals surface area contributed by atoms with Crippen molar-refractivity contribution in [1.82, 2.24) is 19.8 Å². The van der Waals surface area contributed by atoms with E-state index >= 15 is 0 Å². The zero-order valence-electron chi connectivity index (χ0n) is 10.0. The monoisotopic (exact) mass is 258 g/mol. The predicted molar refractivity (Wildman–Crippen MR) is 64.0 cm³/mol. The smallest absolute Gasteiger partial charge is 0.243 e. The molecule has 0 saturated heterocycles. The average Bonchev–Trinajstić information content (AvgIpc) is 2.99. The van der Waals surface area contributed by atoms with Crippen LogP contribution in [0.5, 0.6) is 0 Å². The van der Waals surface area contributed by atoms with Gasteiger partial charge >= 0.3 is 0 Å². The molecule has 0 aromatic carbocycles. The van der Waals surface area contributed by atoms with Crippen LogP contribution >= 0.6 is 0 Å². The van der Waals surface area contributed by atoms with E-state index in [4.69, 9.17) is 0 Å². The van der Waals surface area contributed by atoms with Crippen LogP contribution in [0.1, 0.15) is 19.8 Å². The first-order chi connectivity index (χ1) is 8.00. The van der Waals surface area contributed by atoms with Gasteiger partial charge in [0.25, 0.3) is 0 Å². The fraction of sp³-hybridized carbons (Fsp3) is 0.700. The van der Waals surface area contributed by atoms with Gasteiger partial charge in [-0.05, 0) is 26.8 Å². The van der Waals surface area contributed by atoms with Crippen LogP contribution in [0.3, 0.4) is 0 Å². The number of sulfonamides is 1. The molecule has 17 heavy (non-hydrogen) atoms. The lowest BCUT2D eigenvalue weighted by atomic mass is 10.3. The lowest BCUT2D eigenvalue weighted by Crippen LogP contribution is -2.41. The number of aromatic nitrogens is 2. The topological polar surface area (TPSA) is 78.1 Å². The molecular formula is C10H18N4O2S. The van der Waals surface area contributed by atoms with Gasteiger partial charge in [-0.2, -0.15) is 5.10 Å². The van der Waals surface area contributed by atoms with Crippen molar-refractivity contribution in [2.24, 2.45) is 0 Å². The third-order valence-corrected chi connectivity index (χ3v) is 4.56. The van der Waals surface area contributed by atoms with Crippen LogP contribution in [-0.2, 0) is 10.0 Å². The summed E-state index contributed by atoms with van der Waals surface area (Å²) in [5, 5.41) is 6.13. The number of hydrogen-bond donors (Lipinski definition) is 2. The number of aromatic amines is 1. The molecule has 1 saturated carbocycles. The first-order valence-corrected chi connectivity index (χ1v) is 7.19. The van der Waals surface area contributed by atoms with E-state index in [1.54, 1.807) is 0 Å². The standard InChI is InChI=1S/C10H18N4O2S/c1-8(14(2)9-3-4-9)5-13-17(15,16)10-6-11-12-7-10/h6-9,13H,3-5H2,1-2H3,(H,11,12). The highest BCUT2D eigenvalue weighted by atomic mass is 32.2. The molecule has 1 fully saturated rings. The second kappa shape index (κ2) is 4.75. The summed E-state index contributed by atoms with van der Waals surface area (Å²) in [6.45, 7) is 2.44. The van der Waals surface area contributed by atoms with Crippen LogP contribution in [0.2, 0.25) is 0 Å². The van der Waals surface area contributed by atoms with E-state index in [9.17, 15) is 8.42 Å². The van der Waals surface area contributed by atoms with E-state index in [2.05, 4.69) is 19.8 Å². The Morgan fingerprint density at radius 3 is 2.88 bits per heavy atom. The minimum atomic E-state index is -3.42. The molecule has 0 radical (unpaired) electrons. The SMILES string of the molecule is CC(CNS(=O)(=O)c1cn[nH]c1)N(C)C1CC1. The molecule has 96 valence electrons. The van der Waals surface area contributed by atoms with Crippen molar-refractivity contribution in [2.45, 2.75) is 36.7 Å². The van der Waals surface area contributed by atoms with Crippen molar-refractivity contribution in [1.29, 1.82) is 0 Å². The van der Waals surface area contributed by atoms with E-state index < -0.39 is 10.0 Å². The summed E-state index contributed by atoms with van der Waals surface area (Å²) in [5.74, 6) is 0. The van der Waals surface area contributed by atoms with E-state index in [0.29, 0.717) is 12.6 Å². The summed E-state index contributed by atoms with van der Waals surface area (Å²) in [5.41, 5.74) is 0. The predicted octanol–water partition coefficient (Wildman–Crippen LogP) is 0.171. The molecule has 1 unspecified atom stereocenters. The minimum Gasteiger partial charge on any atom is -0.299 e. The van der Waals surface area contributed by atoms with Gasteiger partial charge in [0.15, 0.2) is 0 Å². The Labute approximate surface area is 101 Å². The number of nitrogens with zero attached hydrogens (tertiary/aromatic N) is 2. The molecule has 7 heteroatoms.